The zero-order valence-electron chi connectivity index (χ0n) is 10.9. The highest BCUT2D eigenvalue weighted by molar-refractivity contribution is 6.32. The minimum atomic E-state index is -0.531. The second-order valence-corrected chi connectivity index (χ2v) is 4.79. The van der Waals surface area contributed by atoms with Crippen molar-refractivity contribution in [1.29, 1.82) is 0 Å². The molecule has 1 aromatic carbocycles. The van der Waals surface area contributed by atoms with Gasteiger partial charge in [-0.1, -0.05) is 24.6 Å². The molecule has 0 saturated carbocycles. The van der Waals surface area contributed by atoms with Crippen LogP contribution in [0.25, 0.3) is 0 Å². The van der Waals surface area contributed by atoms with Gasteiger partial charge in [-0.25, -0.2) is 0 Å². The van der Waals surface area contributed by atoms with E-state index in [-0.39, 0.29) is 0 Å². The summed E-state index contributed by atoms with van der Waals surface area (Å²) in [5.74, 6) is 1.19. The SMILES string of the molecule is CCC(O)c1ccc(Oc2ccc(C)cc2Cl)cn1. The van der Waals surface area contributed by atoms with E-state index in [1.54, 1.807) is 18.3 Å². The molecule has 4 heteroatoms. The number of aliphatic hydroxyl groups is 1. The lowest BCUT2D eigenvalue weighted by Gasteiger charge is -2.10. The third-order valence-corrected chi connectivity index (χ3v) is 3.10. The van der Waals surface area contributed by atoms with Gasteiger partial charge in [0, 0.05) is 0 Å². The van der Waals surface area contributed by atoms with Gasteiger partial charge in [-0.3, -0.25) is 4.98 Å². The van der Waals surface area contributed by atoms with Crippen LogP contribution in [0.3, 0.4) is 0 Å². The van der Waals surface area contributed by atoms with Crippen molar-refractivity contribution in [2.75, 3.05) is 0 Å². The summed E-state index contributed by atoms with van der Waals surface area (Å²) in [7, 11) is 0. The highest BCUT2D eigenvalue weighted by atomic mass is 35.5. The number of pyridine rings is 1. The van der Waals surface area contributed by atoms with Crippen molar-refractivity contribution in [3.8, 4) is 11.5 Å². The Morgan fingerprint density at radius 2 is 2.11 bits per heavy atom. The minimum Gasteiger partial charge on any atom is -0.454 e. The maximum Gasteiger partial charge on any atom is 0.146 e. The Morgan fingerprint density at radius 1 is 1.32 bits per heavy atom. The molecule has 0 aliphatic heterocycles. The second-order valence-electron chi connectivity index (χ2n) is 4.38. The number of halogens is 1. The van der Waals surface area contributed by atoms with Crippen LogP contribution in [0.2, 0.25) is 5.02 Å². The molecule has 100 valence electrons. The van der Waals surface area contributed by atoms with Gasteiger partial charge in [0.15, 0.2) is 0 Å². The molecule has 0 radical (unpaired) electrons. The van der Waals surface area contributed by atoms with Crippen LogP contribution >= 0.6 is 11.6 Å². The number of nitrogens with zero attached hydrogens (tertiary/aromatic N) is 1. The predicted molar refractivity (Wildman–Crippen MR) is 75.8 cm³/mol. The highest BCUT2D eigenvalue weighted by Crippen LogP contribution is 2.30. The average molecular weight is 278 g/mol. The minimum absolute atomic E-state index is 0.531. The first-order valence-electron chi connectivity index (χ1n) is 6.18. The fraction of sp³-hybridized carbons (Fsp3) is 0.267. The van der Waals surface area contributed by atoms with E-state index in [0.717, 1.165) is 5.56 Å². The summed E-state index contributed by atoms with van der Waals surface area (Å²) in [6.45, 7) is 3.88. The number of ether oxygens (including phenoxy) is 1. The lowest BCUT2D eigenvalue weighted by atomic mass is 10.2. The van der Waals surface area contributed by atoms with Crippen molar-refractivity contribution in [3.63, 3.8) is 0 Å². The molecule has 0 aliphatic carbocycles. The predicted octanol–water partition coefficient (Wildman–Crippen LogP) is 4.28. The van der Waals surface area contributed by atoms with Crippen LogP contribution in [-0.2, 0) is 0 Å². The van der Waals surface area contributed by atoms with Gasteiger partial charge in [-0.2, -0.15) is 0 Å². The molecule has 2 rings (SSSR count). The normalized spacial score (nSPS) is 12.2. The van der Waals surface area contributed by atoms with Crippen LogP contribution in [0.1, 0.15) is 30.7 Å². The van der Waals surface area contributed by atoms with Crippen LogP contribution in [0, 0.1) is 6.92 Å². The molecule has 0 spiro atoms. The van der Waals surface area contributed by atoms with E-state index in [1.807, 2.05) is 32.0 Å². The van der Waals surface area contributed by atoms with Gasteiger partial charge in [0.1, 0.15) is 11.5 Å². The molecule has 1 heterocycles. The summed E-state index contributed by atoms with van der Waals surface area (Å²) in [6, 6.07) is 9.14. The summed E-state index contributed by atoms with van der Waals surface area (Å²) in [5.41, 5.74) is 1.72. The van der Waals surface area contributed by atoms with Gasteiger partial charge in [0.05, 0.1) is 23.0 Å². The monoisotopic (exact) mass is 277 g/mol. The molecule has 0 bridgehead atoms. The van der Waals surface area contributed by atoms with Crippen molar-refractivity contribution >= 4 is 11.6 Å². The molecular weight excluding hydrogens is 262 g/mol. The molecule has 3 nitrogen and oxygen atoms in total. The van der Waals surface area contributed by atoms with Crippen LogP contribution in [-0.4, -0.2) is 10.1 Å². The number of aromatic nitrogens is 1. The quantitative estimate of drug-likeness (QED) is 0.907. The first kappa shape index (κ1) is 13.8. The number of hydrogen-bond donors (Lipinski definition) is 1. The summed E-state index contributed by atoms with van der Waals surface area (Å²) in [4.78, 5) is 4.17. The van der Waals surface area contributed by atoms with Crippen LogP contribution in [0.4, 0.5) is 0 Å². The average Bonchev–Trinajstić information content (AvgIpc) is 2.42. The number of aryl methyl sites for hydroxylation is 1. The molecule has 0 fully saturated rings. The largest absolute Gasteiger partial charge is 0.454 e. The smallest absolute Gasteiger partial charge is 0.146 e. The van der Waals surface area contributed by atoms with Crippen molar-refractivity contribution in [2.24, 2.45) is 0 Å². The van der Waals surface area contributed by atoms with Crippen molar-refractivity contribution < 1.29 is 9.84 Å². The Morgan fingerprint density at radius 3 is 2.68 bits per heavy atom. The maximum atomic E-state index is 9.66. The zero-order chi connectivity index (χ0) is 13.8. The van der Waals surface area contributed by atoms with Gasteiger partial charge < -0.3 is 9.84 Å². The van der Waals surface area contributed by atoms with E-state index in [4.69, 9.17) is 16.3 Å². The molecule has 2 aromatic rings. The van der Waals surface area contributed by atoms with Crippen LogP contribution in [0.15, 0.2) is 36.5 Å². The molecule has 1 atom stereocenters. The fourth-order valence-electron chi connectivity index (χ4n) is 1.67. The molecule has 0 aliphatic rings. The van der Waals surface area contributed by atoms with Crippen LogP contribution in [0.5, 0.6) is 11.5 Å². The fourth-order valence-corrected chi connectivity index (χ4v) is 1.95. The third-order valence-electron chi connectivity index (χ3n) is 2.80. The summed E-state index contributed by atoms with van der Waals surface area (Å²) in [6.07, 6.45) is 1.69. The summed E-state index contributed by atoms with van der Waals surface area (Å²) >= 11 is 6.10. The summed E-state index contributed by atoms with van der Waals surface area (Å²) in [5, 5.41) is 10.2. The zero-order valence-corrected chi connectivity index (χ0v) is 11.7. The number of hydrogen-bond acceptors (Lipinski definition) is 3. The Labute approximate surface area is 117 Å². The standard InChI is InChI=1S/C15H16ClNO2/c1-3-14(18)13-6-5-11(9-17-13)19-15-7-4-10(2)8-12(15)16/h4-9,14,18H,3H2,1-2H3. The lowest BCUT2D eigenvalue weighted by Crippen LogP contribution is -1.98. The Hall–Kier alpha value is -1.58. The van der Waals surface area contributed by atoms with Gasteiger partial charge in [-0.05, 0) is 43.2 Å². The van der Waals surface area contributed by atoms with E-state index in [2.05, 4.69) is 4.98 Å². The molecular formula is C15H16ClNO2. The van der Waals surface area contributed by atoms with Crippen molar-refractivity contribution in [1.82, 2.24) is 4.98 Å². The molecule has 1 aromatic heterocycles. The first-order chi connectivity index (χ1) is 9.10. The maximum absolute atomic E-state index is 9.66. The Kier molecular flexibility index (Phi) is 4.40. The first-order valence-corrected chi connectivity index (χ1v) is 6.56. The summed E-state index contributed by atoms with van der Waals surface area (Å²) < 4.78 is 5.66. The number of rotatable bonds is 4. The molecule has 1 N–H and O–H groups in total. The third kappa shape index (κ3) is 3.46. The van der Waals surface area contributed by atoms with Crippen molar-refractivity contribution in [2.45, 2.75) is 26.4 Å². The van der Waals surface area contributed by atoms with E-state index >= 15 is 0 Å². The topological polar surface area (TPSA) is 42.4 Å². The van der Waals surface area contributed by atoms with E-state index < -0.39 is 6.10 Å². The van der Waals surface area contributed by atoms with E-state index in [1.165, 1.54) is 0 Å². The molecule has 1 unspecified atom stereocenters. The van der Waals surface area contributed by atoms with E-state index in [0.29, 0.717) is 28.6 Å². The van der Waals surface area contributed by atoms with Gasteiger partial charge in [0.2, 0.25) is 0 Å². The van der Waals surface area contributed by atoms with Gasteiger partial charge in [0.25, 0.3) is 0 Å². The highest BCUT2D eigenvalue weighted by Gasteiger charge is 2.07. The van der Waals surface area contributed by atoms with Crippen molar-refractivity contribution in [3.05, 3.63) is 52.8 Å². The van der Waals surface area contributed by atoms with Gasteiger partial charge >= 0.3 is 0 Å². The molecule has 19 heavy (non-hydrogen) atoms. The Bertz CT molecular complexity index is 555. The molecule has 0 amide bonds. The van der Waals surface area contributed by atoms with Crippen LogP contribution < -0.4 is 4.74 Å². The van der Waals surface area contributed by atoms with E-state index in [9.17, 15) is 5.11 Å². The molecule has 0 saturated heterocycles. The number of benzene rings is 1. The Balaban J connectivity index is 2.15. The van der Waals surface area contributed by atoms with Gasteiger partial charge in [-0.15, -0.1) is 0 Å². The lowest BCUT2D eigenvalue weighted by molar-refractivity contribution is 0.169. The number of aliphatic hydroxyl groups excluding tert-OH is 1. The second kappa shape index (κ2) is 6.04.